The highest BCUT2D eigenvalue weighted by atomic mass is 35.5. The van der Waals surface area contributed by atoms with Crippen molar-refractivity contribution in [3.05, 3.63) is 16.5 Å². The van der Waals surface area contributed by atoms with Gasteiger partial charge in [0.2, 0.25) is 11.1 Å². The van der Waals surface area contributed by atoms with E-state index in [0.29, 0.717) is 25.3 Å². The monoisotopic (exact) mass is 337 g/mol. The van der Waals surface area contributed by atoms with Crippen LogP contribution in [-0.2, 0) is 11.2 Å². The van der Waals surface area contributed by atoms with E-state index in [0.717, 1.165) is 17.7 Å². The Kier molecular flexibility index (Phi) is 8.94. The molecule has 0 saturated heterocycles. The maximum absolute atomic E-state index is 12.0. The normalized spacial score (nSPS) is 12.1. The second-order valence-electron chi connectivity index (χ2n) is 5.53. The van der Waals surface area contributed by atoms with Gasteiger partial charge in [-0.15, -0.1) is 12.4 Å². The minimum absolute atomic E-state index is 0. The highest BCUT2D eigenvalue weighted by Gasteiger charge is 2.16. The molecule has 7 heteroatoms. The molecule has 1 aromatic rings. The topological polar surface area (TPSA) is 72.4 Å². The fourth-order valence-electron chi connectivity index (χ4n) is 1.86. The van der Waals surface area contributed by atoms with E-state index in [1.165, 1.54) is 0 Å². The molecule has 0 aromatic carbocycles. The summed E-state index contributed by atoms with van der Waals surface area (Å²) in [4.78, 5) is 13.8. The summed E-state index contributed by atoms with van der Waals surface area (Å²) in [5.41, 5.74) is 7.53. The quantitative estimate of drug-likeness (QED) is 0.830. The van der Waals surface area contributed by atoms with E-state index in [1.54, 1.807) is 11.9 Å². The van der Waals surface area contributed by atoms with Crippen molar-refractivity contribution in [2.45, 2.75) is 46.1 Å². The van der Waals surface area contributed by atoms with Crippen molar-refractivity contribution >= 4 is 29.9 Å². The summed E-state index contributed by atoms with van der Waals surface area (Å²) < 4.78 is 4.87. The SMILES string of the molecule is Cc1noc(Cl)c1CCC(=O)N(C)CCC(N)C(C)C.Cl. The maximum atomic E-state index is 12.0. The van der Waals surface area contributed by atoms with Crippen LogP contribution in [0.15, 0.2) is 4.52 Å². The van der Waals surface area contributed by atoms with Crippen LogP contribution >= 0.6 is 24.0 Å². The van der Waals surface area contributed by atoms with E-state index in [-0.39, 0.29) is 29.6 Å². The van der Waals surface area contributed by atoms with Crippen molar-refractivity contribution < 1.29 is 9.32 Å². The van der Waals surface area contributed by atoms with E-state index >= 15 is 0 Å². The molecule has 2 N–H and O–H groups in total. The van der Waals surface area contributed by atoms with Gasteiger partial charge in [0.05, 0.1) is 5.69 Å². The minimum atomic E-state index is 0. The fraction of sp³-hybridized carbons (Fsp3) is 0.714. The van der Waals surface area contributed by atoms with E-state index < -0.39 is 0 Å². The number of nitrogens with two attached hydrogens (primary N) is 1. The zero-order valence-electron chi connectivity index (χ0n) is 13.1. The van der Waals surface area contributed by atoms with Crippen LogP contribution in [-0.4, -0.2) is 35.6 Å². The van der Waals surface area contributed by atoms with E-state index in [2.05, 4.69) is 19.0 Å². The van der Waals surface area contributed by atoms with Gasteiger partial charge in [0.15, 0.2) is 0 Å². The molecule has 21 heavy (non-hydrogen) atoms. The summed E-state index contributed by atoms with van der Waals surface area (Å²) in [7, 11) is 1.80. The highest BCUT2D eigenvalue weighted by molar-refractivity contribution is 6.29. The standard InChI is InChI=1S/C14H24ClN3O2.ClH/c1-9(2)12(16)7-8-18(4)13(19)6-5-11-10(3)17-20-14(11)15;/h9,12H,5-8,16H2,1-4H3;1H. The lowest BCUT2D eigenvalue weighted by Crippen LogP contribution is -2.34. The van der Waals surface area contributed by atoms with Gasteiger partial charge in [-0.25, -0.2) is 0 Å². The zero-order valence-corrected chi connectivity index (χ0v) is 14.6. The molecule has 0 aliphatic carbocycles. The Morgan fingerprint density at radius 2 is 2.10 bits per heavy atom. The number of hydrogen-bond acceptors (Lipinski definition) is 4. The molecular weight excluding hydrogens is 313 g/mol. The van der Waals surface area contributed by atoms with E-state index in [9.17, 15) is 4.79 Å². The first-order valence-corrected chi connectivity index (χ1v) is 7.31. The molecule has 1 heterocycles. The molecule has 0 radical (unpaired) electrons. The van der Waals surface area contributed by atoms with Crippen LogP contribution in [0.2, 0.25) is 5.22 Å². The van der Waals surface area contributed by atoms with Crippen molar-refractivity contribution in [1.82, 2.24) is 10.1 Å². The zero-order chi connectivity index (χ0) is 15.3. The summed E-state index contributed by atoms with van der Waals surface area (Å²) in [5.74, 6) is 0.509. The first-order chi connectivity index (χ1) is 9.32. The second kappa shape index (κ2) is 9.28. The van der Waals surface area contributed by atoms with Gasteiger partial charge in [0.25, 0.3) is 0 Å². The predicted molar refractivity (Wildman–Crippen MR) is 86.9 cm³/mol. The molecule has 0 fully saturated rings. The van der Waals surface area contributed by atoms with Crippen LogP contribution in [0, 0.1) is 12.8 Å². The van der Waals surface area contributed by atoms with Gasteiger partial charge in [-0.1, -0.05) is 19.0 Å². The molecule has 5 nitrogen and oxygen atoms in total. The fourth-order valence-corrected chi connectivity index (χ4v) is 2.13. The Hall–Kier alpha value is -0.780. The van der Waals surface area contributed by atoms with Gasteiger partial charge < -0.3 is 15.2 Å². The third-order valence-electron chi connectivity index (χ3n) is 3.61. The number of aryl methyl sites for hydroxylation is 1. The molecule has 1 aromatic heterocycles. The van der Waals surface area contributed by atoms with Crippen LogP contribution in [0.5, 0.6) is 0 Å². The Bertz CT molecular complexity index is 430. The highest BCUT2D eigenvalue weighted by Crippen LogP contribution is 2.20. The number of carbonyl (C=O) groups excluding carboxylic acids is 1. The average Bonchev–Trinajstić information content (AvgIpc) is 2.72. The average molecular weight is 338 g/mol. The van der Waals surface area contributed by atoms with Crippen molar-refractivity contribution in [3.63, 3.8) is 0 Å². The van der Waals surface area contributed by atoms with Gasteiger partial charge in [0.1, 0.15) is 0 Å². The number of aromatic nitrogens is 1. The number of halogens is 2. The van der Waals surface area contributed by atoms with Crippen molar-refractivity contribution in [1.29, 1.82) is 0 Å². The van der Waals surface area contributed by atoms with E-state index in [4.69, 9.17) is 21.9 Å². The van der Waals surface area contributed by atoms with E-state index in [1.807, 2.05) is 6.92 Å². The predicted octanol–water partition coefficient (Wildman–Crippen LogP) is 2.82. The summed E-state index contributed by atoms with van der Waals surface area (Å²) in [5, 5.41) is 4.05. The van der Waals surface area contributed by atoms with Gasteiger partial charge >= 0.3 is 0 Å². The van der Waals surface area contributed by atoms with Gasteiger partial charge in [-0.2, -0.15) is 0 Å². The molecular formula is C14H25Cl2N3O2. The molecule has 1 unspecified atom stereocenters. The Balaban J connectivity index is 0.00000400. The minimum Gasteiger partial charge on any atom is -0.346 e. The lowest BCUT2D eigenvalue weighted by Gasteiger charge is -2.21. The molecule has 0 aliphatic heterocycles. The van der Waals surface area contributed by atoms with Gasteiger partial charge in [-0.05, 0) is 37.3 Å². The number of hydrogen-bond donors (Lipinski definition) is 1. The summed E-state index contributed by atoms with van der Waals surface area (Å²) in [6.07, 6.45) is 1.76. The van der Waals surface area contributed by atoms with Crippen LogP contribution in [0.3, 0.4) is 0 Å². The molecule has 1 rings (SSSR count). The molecule has 0 spiro atoms. The molecule has 1 atom stereocenters. The Morgan fingerprint density at radius 3 is 2.57 bits per heavy atom. The number of rotatable bonds is 7. The Labute approximate surface area is 137 Å². The van der Waals surface area contributed by atoms with Gasteiger partial charge in [-0.3, -0.25) is 4.79 Å². The molecule has 122 valence electrons. The first-order valence-electron chi connectivity index (χ1n) is 6.93. The molecule has 0 aliphatic rings. The summed E-state index contributed by atoms with van der Waals surface area (Å²) in [6, 6.07) is 0.125. The maximum Gasteiger partial charge on any atom is 0.229 e. The Morgan fingerprint density at radius 1 is 1.48 bits per heavy atom. The molecule has 0 bridgehead atoms. The largest absolute Gasteiger partial charge is 0.346 e. The van der Waals surface area contributed by atoms with Crippen LogP contribution in [0.4, 0.5) is 0 Å². The third kappa shape index (κ3) is 6.24. The third-order valence-corrected chi connectivity index (χ3v) is 3.90. The van der Waals surface area contributed by atoms with Gasteiger partial charge in [0, 0.05) is 31.6 Å². The lowest BCUT2D eigenvalue weighted by molar-refractivity contribution is -0.129. The van der Waals surface area contributed by atoms with Crippen LogP contribution < -0.4 is 5.73 Å². The lowest BCUT2D eigenvalue weighted by atomic mass is 10.0. The summed E-state index contributed by atoms with van der Waals surface area (Å²) in [6.45, 7) is 6.67. The van der Waals surface area contributed by atoms with Crippen molar-refractivity contribution in [3.8, 4) is 0 Å². The number of carbonyl (C=O) groups is 1. The van der Waals surface area contributed by atoms with Crippen LogP contribution in [0.1, 0.15) is 37.9 Å². The second-order valence-corrected chi connectivity index (χ2v) is 5.88. The number of amides is 1. The molecule has 1 amide bonds. The summed E-state index contributed by atoms with van der Waals surface area (Å²) >= 11 is 5.88. The van der Waals surface area contributed by atoms with Crippen LogP contribution in [0.25, 0.3) is 0 Å². The van der Waals surface area contributed by atoms with Crippen molar-refractivity contribution in [2.24, 2.45) is 11.7 Å². The van der Waals surface area contributed by atoms with Crippen molar-refractivity contribution in [2.75, 3.05) is 13.6 Å². The smallest absolute Gasteiger partial charge is 0.229 e. The first kappa shape index (κ1) is 20.2. The number of nitrogens with zero attached hydrogens (tertiary/aromatic N) is 2. The molecule has 0 saturated carbocycles.